The van der Waals surface area contributed by atoms with E-state index in [2.05, 4.69) is 57.3 Å². The maximum absolute atomic E-state index is 14.3. The number of aliphatic carboxylic acids is 1. The molecule has 0 aromatic heterocycles. The van der Waals surface area contributed by atoms with Gasteiger partial charge in [-0.2, -0.15) is 0 Å². The van der Waals surface area contributed by atoms with Crippen LogP contribution in [0.25, 0.3) is 0 Å². The summed E-state index contributed by atoms with van der Waals surface area (Å²) in [4.78, 5) is 129. The number of methoxy groups -OCH3 is 2. The third kappa shape index (κ3) is 28.6. The number of hydrogen-bond donors (Lipinski definition) is 13. The fourth-order valence-electron chi connectivity index (χ4n) is 11.1. The van der Waals surface area contributed by atoms with Crippen LogP contribution in [-0.4, -0.2) is 172 Å². The van der Waals surface area contributed by atoms with Crippen LogP contribution < -0.4 is 53.6 Å². The molecule has 27 nitrogen and oxygen atoms in total. The van der Waals surface area contributed by atoms with Gasteiger partial charge in [0.05, 0.1) is 67.0 Å². The van der Waals surface area contributed by atoms with E-state index in [1.807, 2.05) is 182 Å². The van der Waals surface area contributed by atoms with Gasteiger partial charge in [0.2, 0.25) is 53.2 Å². The van der Waals surface area contributed by atoms with Crippen molar-refractivity contribution in [2.75, 3.05) is 71.6 Å². The highest BCUT2D eigenvalue weighted by Crippen LogP contribution is 2.39. The van der Waals surface area contributed by atoms with Crippen molar-refractivity contribution < 1.29 is 88.0 Å². The van der Waals surface area contributed by atoms with Crippen LogP contribution in [-0.2, 0) is 91.2 Å². The van der Waals surface area contributed by atoms with Crippen molar-refractivity contribution in [3.63, 3.8) is 0 Å². The van der Waals surface area contributed by atoms with Crippen molar-refractivity contribution in [3.8, 4) is 0 Å². The van der Waals surface area contributed by atoms with Crippen LogP contribution in [0.5, 0.6) is 0 Å². The number of rotatable bonds is 37. The van der Waals surface area contributed by atoms with Gasteiger partial charge in [0.25, 0.3) is 0 Å². The van der Waals surface area contributed by atoms with Gasteiger partial charge in [-0.15, -0.1) is 0 Å². The highest BCUT2D eigenvalue weighted by atomic mass is 19.1. The summed E-state index contributed by atoms with van der Waals surface area (Å²) in [6, 6.07) is 63.1. The largest absolute Gasteiger partial charge is 0.480 e. The lowest BCUT2D eigenvalue weighted by atomic mass is 9.77. The van der Waals surface area contributed by atoms with Crippen LogP contribution in [0.1, 0.15) is 86.4 Å². The fourth-order valence-corrected chi connectivity index (χ4v) is 11.1. The molecule has 28 heteroatoms. The van der Waals surface area contributed by atoms with Crippen LogP contribution in [0, 0.1) is 0 Å². The molecule has 111 heavy (non-hydrogen) atoms. The number of hydrogen-bond acceptors (Lipinski definition) is 17. The van der Waals surface area contributed by atoms with Crippen molar-refractivity contribution in [1.29, 1.82) is 0 Å². The van der Waals surface area contributed by atoms with Gasteiger partial charge in [0.15, 0.2) is 0 Å². The van der Waals surface area contributed by atoms with E-state index in [0.29, 0.717) is 42.3 Å². The first kappa shape index (κ1) is 88.0. The Hall–Kier alpha value is -11.9. The molecule has 0 fully saturated rings. The van der Waals surface area contributed by atoms with E-state index in [1.54, 1.807) is 48.5 Å². The monoisotopic (exact) mass is 1530 g/mol. The minimum atomic E-state index is -1.39. The Bertz CT molecular complexity index is 4010. The van der Waals surface area contributed by atoms with Crippen molar-refractivity contribution in [2.24, 2.45) is 5.73 Å². The van der Waals surface area contributed by atoms with Crippen LogP contribution in [0.2, 0.25) is 0 Å². The summed E-state index contributed by atoms with van der Waals surface area (Å²) in [6.45, 7) is 6.23. The molecule has 0 spiro atoms. The van der Waals surface area contributed by atoms with Crippen LogP contribution in [0.15, 0.2) is 231 Å². The molecule has 0 saturated heterocycles. The van der Waals surface area contributed by atoms with Gasteiger partial charge in [0.1, 0.15) is 54.5 Å². The summed E-state index contributed by atoms with van der Waals surface area (Å²) in [5.41, 5.74) is 10.1. The van der Waals surface area contributed by atoms with Gasteiger partial charge in [0, 0.05) is 25.6 Å². The van der Waals surface area contributed by atoms with Crippen LogP contribution in [0.4, 0.5) is 15.8 Å². The zero-order valence-corrected chi connectivity index (χ0v) is 62.7. The number of nitrogens with one attached hydrogen (secondary N) is 9. The van der Waals surface area contributed by atoms with E-state index >= 15 is 0 Å². The average Bonchev–Trinajstić information content (AvgIpc) is 0.760. The number of halogens is 1. The number of carbonyl (C=O) groups is 10. The number of aliphatic hydroxyl groups excluding tert-OH is 2. The Balaban J connectivity index is 0.000000352. The van der Waals surface area contributed by atoms with Gasteiger partial charge in [-0.25, -0.2) is 4.79 Å². The first-order valence-corrected chi connectivity index (χ1v) is 35.3. The number of alkyl halides is 1. The summed E-state index contributed by atoms with van der Waals surface area (Å²) >= 11 is 0. The smallest absolute Gasteiger partial charge is 0.329 e. The Morgan fingerprint density at radius 1 is 0.396 bits per heavy atom. The molecule has 0 radical (unpaired) electrons. The molecule has 8 rings (SSSR count). The lowest BCUT2D eigenvalue weighted by Crippen LogP contribution is -2.56. The van der Waals surface area contributed by atoms with E-state index in [9.17, 15) is 62.5 Å². The minimum Gasteiger partial charge on any atom is -0.480 e. The molecule has 0 aliphatic rings. The van der Waals surface area contributed by atoms with Gasteiger partial charge < -0.3 is 87.9 Å². The van der Waals surface area contributed by atoms with Gasteiger partial charge >= 0.3 is 5.97 Å². The van der Waals surface area contributed by atoms with Crippen molar-refractivity contribution >= 4 is 70.5 Å². The molecular formula is C83H99FN10O17. The van der Waals surface area contributed by atoms with Crippen molar-refractivity contribution in [2.45, 2.75) is 101 Å². The summed E-state index contributed by atoms with van der Waals surface area (Å²) in [5.74, 6) is -6.48. The molecule has 0 aliphatic heterocycles. The lowest BCUT2D eigenvalue weighted by Gasteiger charge is -2.37. The predicted octanol–water partition coefficient (Wildman–Crippen LogP) is 6.05. The summed E-state index contributed by atoms with van der Waals surface area (Å²) in [5, 5.41) is 51.6. The Morgan fingerprint density at radius 2 is 0.676 bits per heavy atom. The Labute approximate surface area is 646 Å². The number of carbonyl (C=O) groups excluding carboxylic acids is 9. The summed E-state index contributed by atoms with van der Waals surface area (Å²) in [6.07, 6.45) is -0.898. The molecule has 0 saturated carbocycles. The van der Waals surface area contributed by atoms with Gasteiger partial charge in [-0.05, 0) is 96.5 Å². The lowest BCUT2D eigenvalue weighted by molar-refractivity contribution is -0.142. The fraction of sp³-hybridized carbons (Fsp3) is 0.301. The second kappa shape index (κ2) is 47.8. The second-order valence-corrected chi connectivity index (χ2v) is 25.0. The van der Waals surface area contributed by atoms with Crippen LogP contribution in [0.3, 0.4) is 0 Å². The summed E-state index contributed by atoms with van der Waals surface area (Å²) in [7, 11) is 2.03. The molecule has 590 valence electrons. The third-order valence-corrected chi connectivity index (χ3v) is 16.8. The quantitative estimate of drug-likeness (QED) is 0.0156. The minimum absolute atomic E-state index is 0.163. The highest BCUT2D eigenvalue weighted by Gasteiger charge is 2.41. The molecular weight excluding hydrogens is 1430 g/mol. The zero-order valence-electron chi connectivity index (χ0n) is 63.7. The first-order valence-electron chi connectivity index (χ1n) is 36.0. The standard InChI is InChI=1S/C41H47N5O8.C36H39N5O5.C5H10O4.CH3F/c1-28(42-37(49)27-54-24-23-53-3)38(50)43-29(2)39(51)45-35(40(52)44-34-21-19-30(26-47)20-22-34)25-36(48)46-41(31-13-7-4-8-14-31,32-15-9-5-10-16-32)33-17-11-6-12-18-33;1-24(37)33(44)38-25(2)34(45)40-31(35(46)39-30-20-18-26(23-42)19-21-30)22-32(43)41-36(27-12-6-3-7-13-27,28-14-8-4-9-15-28)29-16-10-5-11-17-29;1-8-2-3-9-4-5(6)7;1-2/h4-22,28-29,35,47H,23-27H2,1-3H3,(H,42,49)(H,43,50)(H,44,52)(H,45,51)(H,46,48);3-21,24-25,31,42H,22-23,37H2,1-2H3,(H,38,44)(H,39,46)(H,40,45)(H,41,43);2-4H2,1H3,(H,6,7);1H3/t28-,29-,35-;24-,25-,31-;;/m00../s1/i;;;1D. The van der Waals surface area contributed by atoms with E-state index in [4.69, 9.17) is 21.7 Å². The van der Waals surface area contributed by atoms with Gasteiger partial charge in [-0.1, -0.05) is 206 Å². The Morgan fingerprint density at radius 3 is 0.955 bits per heavy atom. The number of amides is 9. The second-order valence-electron chi connectivity index (χ2n) is 25.0. The molecule has 0 bridgehead atoms. The molecule has 14 N–H and O–H groups in total. The molecule has 0 aliphatic carbocycles. The molecule has 0 heterocycles. The first-order chi connectivity index (χ1) is 53.9. The van der Waals surface area contributed by atoms with E-state index < -0.39 is 126 Å². The van der Waals surface area contributed by atoms with E-state index in [1.165, 1.54) is 41.9 Å². The third-order valence-electron chi connectivity index (χ3n) is 16.8. The normalized spacial score (nSPS) is 12.5. The predicted molar refractivity (Wildman–Crippen MR) is 416 cm³/mol. The maximum atomic E-state index is 14.3. The molecule has 8 aromatic carbocycles. The number of ether oxygens (including phenoxy) is 4. The Kier molecular flexibility index (Phi) is 37.9. The van der Waals surface area contributed by atoms with Crippen LogP contribution >= 0.6 is 0 Å². The van der Waals surface area contributed by atoms with Gasteiger partial charge in [-0.3, -0.25) is 47.5 Å². The number of nitrogens with two attached hydrogens (primary N) is 1. The average molecular weight is 1530 g/mol. The molecule has 0 unspecified atom stereocenters. The van der Waals surface area contributed by atoms with Crippen molar-refractivity contribution in [1.82, 2.24) is 37.2 Å². The van der Waals surface area contributed by atoms with E-state index in [-0.39, 0.29) is 33.0 Å². The molecule has 8 aromatic rings. The SMILES string of the molecule is COCCOCC(=O)N[C@@H](C)C(=O)N[C@@H](C)C(=O)N[C@@H](CC(=O)NC(c1ccccc1)(c1ccccc1)c1ccccc1)C(=O)Nc1ccc(CO)cc1.COCCOCC(=O)O.C[C@H](N)C(=O)N[C@@H](C)C(=O)N[C@@H](CC(=O)NC(c1ccccc1)(c1ccccc1)c1ccccc1)C(=O)Nc1ccc(CO)cc1.[2H]CF. The number of carboxylic acids is 1. The number of benzene rings is 8. The molecule has 6 atom stereocenters. The number of aliphatic hydroxyl groups is 2. The van der Waals surface area contributed by atoms with Crippen molar-refractivity contribution in [3.05, 3.63) is 275 Å². The number of carboxylic acid groups (broad SMARTS) is 1. The number of anilines is 2. The molecule has 9 amide bonds. The summed E-state index contributed by atoms with van der Waals surface area (Å²) < 4.78 is 34.8. The van der Waals surface area contributed by atoms with E-state index in [0.717, 1.165) is 33.4 Å². The maximum Gasteiger partial charge on any atom is 0.329 e. The highest BCUT2D eigenvalue weighted by molar-refractivity contribution is 6.02. The topological polar surface area (TPSA) is 403 Å². The zero-order chi connectivity index (χ0) is 81.9.